The van der Waals surface area contributed by atoms with Gasteiger partial charge in [-0.25, -0.2) is 4.98 Å². The van der Waals surface area contributed by atoms with Crippen molar-refractivity contribution in [3.05, 3.63) is 320 Å². The summed E-state index contributed by atoms with van der Waals surface area (Å²) in [5.41, 5.74) is 20.4. The average molecular weight is 1250 g/mol. The molecule has 13 aromatic rings. The fourth-order valence-electron chi connectivity index (χ4n) is 12.8. The number of aromatic nitrogens is 2. The Morgan fingerprint density at radius 1 is 0.446 bits per heavy atom. The second-order valence-corrected chi connectivity index (χ2v) is 22.4. The monoisotopic (exact) mass is 1250 g/mol. The minimum Gasteiger partial charge on any atom is -0.509 e. The summed E-state index contributed by atoms with van der Waals surface area (Å²) >= 11 is 0. The van der Waals surface area contributed by atoms with E-state index in [4.69, 9.17) is 9.72 Å². The molecule has 0 radical (unpaired) electrons. The predicted octanol–water partition coefficient (Wildman–Crippen LogP) is 19.6. The molecule has 0 saturated carbocycles. The molecule has 0 bridgehead atoms. The first-order valence-corrected chi connectivity index (χ1v) is 28.1. The van der Waals surface area contributed by atoms with Crippen molar-refractivity contribution in [3.8, 4) is 61.8 Å². The Balaban J connectivity index is 0.00000614. The van der Waals surface area contributed by atoms with Gasteiger partial charge in [-0.2, -0.15) is 6.07 Å². The van der Waals surface area contributed by atoms with Crippen LogP contribution >= 0.6 is 0 Å². The molecule has 83 heavy (non-hydrogen) atoms. The van der Waals surface area contributed by atoms with Crippen molar-refractivity contribution in [3.63, 3.8) is 0 Å². The number of pyridine rings is 1. The third-order valence-electron chi connectivity index (χ3n) is 16.6. The molecule has 2 aliphatic rings. The molecule has 0 spiro atoms. The number of fused-ring (bicyclic) bond motifs is 7. The first-order chi connectivity index (χ1) is 40.3. The Hall–Kier alpha value is -9.54. The SMILES string of the molecule is CC(C)(C)c1ccnc(-n2c3[c-]c(Oc4[c-]c(N5[CH-]N(c6c(-c7ccccc7)cc(C7(c8ccccc8)c8ccccc8-c8ccccc87)cc6-c6ccccc6)c6ccccc65)cc(-c5ccccc5)c4)ccc3c3ccccc32)c1.[Pt]. The van der Waals surface area contributed by atoms with E-state index >= 15 is 0 Å². The van der Waals surface area contributed by atoms with Gasteiger partial charge < -0.3 is 19.1 Å². The van der Waals surface area contributed by atoms with Gasteiger partial charge in [-0.1, -0.05) is 226 Å². The number of ether oxygens (including phenoxy) is 1. The molecule has 402 valence electrons. The molecule has 0 unspecified atom stereocenters. The van der Waals surface area contributed by atoms with Gasteiger partial charge in [0.05, 0.1) is 5.41 Å². The van der Waals surface area contributed by atoms with E-state index in [1.807, 2.05) is 12.3 Å². The van der Waals surface area contributed by atoms with Gasteiger partial charge in [0.1, 0.15) is 5.82 Å². The van der Waals surface area contributed by atoms with Crippen molar-refractivity contribution in [2.75, 3.05) is 9.80 Å². The van der Waals surface area contributed by atoms with Crippen LogP contribution in [0.3, 0.4) is 0 Å². The van der Waals surface area contributed by atoms with Crippen LogP contribution in [-0.2, 0) is 31.9 Å². The fourth-order valence-corrected chi connectivity index (χ4v) is 12.8. The molecular formula is C77H55N4OPt-3. The van der Waals surface area contributed by atoms with Crippen LogP contribution in [0.15, 0.2) is 273 Å². The number of anilines is 4. The number of hydrogen-bond acceptors (Lipinski definition) is 4. The van der Waals surface area contributed by atoms with E-state index in [1.54, 1.807) is 0 Å². The quantitative estimate of drug-likeness (QED) is 0.128. The van der Waals surface area contributed by atoms with E-state index in [0.717, 1.165) is 83.8 Å². The normalized spacial score (nSPS) is 13.1. The Morgan fingerprint density at radius 2 is 1.00 bits per heavy atom. The van der Waals surface area contributed by atoms with Crippen LogP contribution in [0.4, 0.5) is 22.7 Å². The van der Waals surface area contributed by atoms with E-state index in [1.165, 1.54) is 38.9 Å². The minimum absolute atomic E-state index is 0. The second-order valence-electron chi connectivity index (χ2n) is 22.4. The zero-order valence-electron chi connectivity index (χ0n) is 46.1. The summed E-state index contributed by atoms with van der Waals surface area (Å²) in [6.45, 7) is 8.94. The summed E-state index contributed by atoms with van der Waals surface area (Å²) in [4.78, 5) is 9.59. The third-order valence-corrected chi connectivity index (χ3v) is 16.6. The van der Waals surface area contributed by atoms with E-state index in [-0.39, 0.29) is 26.5 Å². The Kier molecular flexibility index (Phi) is 12.9. The number of hydrogen-bond donors (Lipinski definition) is 0. The topological polar surface area (TPSA) is 33.5 Å². The molecule has 0 amide bonds. The molecule has 2 aromatic heterocycles. The van der Waals surface area contributed by atoms with Gasteiger partial charge in [0.25, 0.3) is 0 Å². The average Bonchev–Trinajstić information content (AvgIpc) is 1.78. The molecule has 5 nitrogen and oxygen atoms in total. The summed E-state index contributed by atoms with van der Waals surface area (Å²) in [6.07, 6.45) is 1.91. The molecular weight excluding hydrogens is 1190 g/mol. The van der Waals surface area contributed by atoms with Crippen LogP contribution in [-0.4, -0.2) is 9.55 Å². The molecule has 1 aliphatic heterocycles. The smallest absolute Gasteiger partial charge is 0.135 e. The number of para-hydroxylation sites is 3. The summed E-state index contributed by atoms with van der Waals surface area (Å²) in [5, 5.41) is 2.20. The van der Waals surface area contributed by atoms with Crippen LogP contribution in [0, 0.1) is 18.8 Å². The maximum Gasteiger partial charge on any atom is 0.135 e. The van der Waals surface area contributed by atoms with Crippen molar-refractivity contribution < 1.29 is 25.8 Å². The first kappa shape index (κ1) is 51.6. The minimum atomic E-state index is -0.630. The van der Waals surface area contributed by atoms with Crippen LogP contribution in [0.5, 0.6) is 11.5 Å². The molecule has 6 heteroatoms. The van der Waals surface area contributed by atoms with Crippen molar-refractivity contribution >= 4 is 44.6 Å². The first-order valence-electron chi connectivity index (χ1n) is 28.1. The molecule has 0 atom stereocenters. The van der Waals surface area contributed by atoms with E-state index in [2.05, 4.69) is 315 Å². The van der Waals surface area contributed by atoms with Gasteiger partial charge in [0, 0.05) is 72.5 Å². The zero-order valence-corrected chi connectivity index (χ0v) is 48.3. The van der Waals surface area contributed by atoms with Crippen molar-refractivity contribution in [2.24, 2.45) is 0 Å². The fraction of sp³-hybridized carbons (Fsp3) is 0.0649. The van der Waals surface area contributed by atoms with Crippen LogP contribution in [0.1, 0.15) is 48.6 Å². The summed E-state index contributed by atoms with van der Waals surface area (Å²) in [6, 6.07) is 104. The molecule has 0 N–H and O–H groups in total. The van der Waals surface area contributed by atoms with Crippen molar-refractivity contribution in [2.45, 2.75) is 31.6 Å². The van der Waals surface area contributed by atoms with E-state index in [9.17, 15) is 0 Å². The third kappa shape index (κ3) is 8.69. The second kappa shape index (κ2) is 20.8. The van der Waals surface area contributed by atoms with Crippen molar-refractivity contribution in [1.29, 1.82) is 0 Å². The number of benzene rings is 11. The summed E-state index contributed by atoms with van der Waals surface area (Å²) in [5.74, 6) is 1.98. The molecule has 0 fully saturated rings. The Bertz CT molecular complexity index is 4460. The Morgan fingerprint density at radius 3 is 1.64 bits per heavy atom. The van der Waals surface area contributed by atoms with Gasteiger partial charge in [-0.05, 0) is 109 Å². The van der Waals surface area contributed by atoms with Gasteiger partial charge in [0.15, 0.2) is 0 Å². The van der Waals surface area contributed by atoms with Crippen LogP contribution in [0.2, 0.25) is 0 Å². The van der Waals surface area contributed by atoms with E-state index in [0.29, 0.717) is 11.5 Å². The standard InChI is InChI=1S/C77H55N4O.Pt/c1-76(2,3)57-42-43-78-74(48-57)81-70-37-21-18-34-64(70)65-41-40-60(50-73(65)81)82-61-45-55(52-24-8-4-9-25-52)44-59(49-61)79-51-80(72-39-23-22-38-71(72)79)75-66(53-26-10-5-11-27-53)46-58(47-67(75)54-28-12-6-13-29-54)77(56-30-14-7-15-31-56)68-35-19-16-32-62(68)63-33-17-20-36-69(63)77;/h4-48,51H,1-3H3;/q-3;. The number of rotatable bonds is 10. The summed E-state index contributed by atoms with van der Waals surface area (Å²) in [7, 11) is 0. The largest absolute Gasteiger partial charge is 0.509 e. The number of nitrogens with zero attached hydrogens (tertiary/aromatic N) is 4. The maximum atomic E-state index is 7.03. The van der Waals surface area contributed by atoms with Gasteiger partial charge in [-0.15, -0.1) is 53.6 Å². The maximum absolute atomic E-state index is 7.03. The van der Waals surface area contributed by atoms with Gasteiger partial charge in [-0.3, -0.25) is 0 Å². The molecule has 0 saturated heterocycles. The zero-order chi connectivity index (χ0) is 54.9. The van der Waals surface area contributed by atoms with Gasteiger partial charge >= 0.3 is 0 Å². The molecule has 11 aromatic carbocycles. The molecule has 3 heterocycles. The summed E-state index contributed by atoms with van der Waals surface area (Å²) < 4.78 is 9.23. The predicted molar refractivity (Wildman–Crippen MR) is 337 cm³/mol. The van der Waals surface area contributed by atoms with E-state index < -0.39 is 5.41 Å². The molecule has 15 rings (SSSR count). The van der Waals surface area contributed by atoms with Crippen molar-refractivity contribution in [1.82, 2.24) is 9.55 Å². The van der Waals surface area contributed by atoms with Gasteiger partial charge in [0.2, 0.25) is 0 Å². The van der Waals surface area contributed by atoms with Crippen LogP contribution in [0.25, 0.3) is 72.1 Å². The van der Waals surface area contributed by atoms with Crippen LogP contribution < -0.4 is 14.5 Å². The Labute approximate surface area is 499 Å². The molecule has 1 aliphatic carbocycles.